The van der Waals surface area contributed by atoms with E-state index in [0.717, 1.165) is 6.42 Å². The zero-order chi connectivity index (χ0) is 13.4. The lowest BCUT2D eigenvalue weighted by molar-refractivity contribution is -0.145. The Kier molecular flexibility index (Phi) is 3.31. The molecule has 3 heteroatoms. The van der Waals surface area contributed by atoms with Gasteiger partial charge in [-0.1, -0.05) is 30.3 Å². The minimum absolute atomic E-state index is 0.186. The molecule has 102 valence electrons. The average molecular weight is 259 g/mol. The highest BCUT2D eigenvalue weighted by Crippen LogP contribution is 2.48. The van der Waals surface area contributed by atoms with Crippen molar-refractivity contribution in [3.63, 3.8) is 0 Å². The number of hydrogen-bond donors (Lipinski definition) is 0. The molecule has 0 unspecified atom stereocenters. The van der Waals surface area contributed by atoms with Gasteiger partial charge in [0.05, 0.1) is 25.3 Å². The Balaban J connectivity index is 1.69. The first kappa shape index (κ1) is 12.7. The van der Waals surface area contributed by atoms with Gasteiger partial charge in [0.1, 0.15) is 0 Å². The van der Waals surface area contributed by atoms with Gasteiger partial charge in [0.25, 0.3) is 0 Å². The van der Waals surface area contributed by atoms with Crippen molar-refractivity contribution in [2.24, 2.45) is 5.92 Å². The van der Waals surface area contributed by atoms with E-state index in [1.54, 1.807) is 0 Å². The molecule has 0 spiro atoms. The fraction of sp³-hybridized carbons (Fsp3) is 0.562. The number of amides is 1. The SMILES string of the molecule is C[C@@H]1COC[C@H](C)N1C(=O)[C@@H]1C[C@H]1c1ccccc1. The standard InChI is InChI=1S/C16H21NO2/c1-11-9-19-10-12(2)17(11)16(18)15-8-14(15)13-6-4-3-5-7-13/h3-7,11-12,14-15H,8-10H2,1-2H3/t11-,12+,14-,15+/m0/s1. The van der Waals surface area contributed by atoms with Crippen molar-refractivity contribution in [1.29, 1.82) is 0 Å². The van der Waals surface area contributed by atoms with E-state index in [1.165, 1.54) is 5.56 Å². The predicted molar refractivity (Wildman–Crippen MR) is 73.9 cm³/mol. The summed E-state index contributed by atoms with van der Waals surface area (Å²) in [7, 11) is 0. The molecular weight excluding hydrogens is 238 g/mol. The van der Waals surface area contributed by atoms with Gasteiger partial charge in [0.2, 0.25) is 5.91 Å². The Morgan fingerprint density at radius 1 is 1.16 bits per heavy atom. The van der Waals surface area contributed by atoms with Crippen LogP contribution >= 0.6 is 0 Å². The van der Waals surface area contributed by atoms with Crippen LogP contribution in [0.3, 0.4) is 0 Å². The van der Waals surface area contributed by atoms with Crippen LogP contribution in [0, 0.1) is 5.92 Å². The van der Waals surface area contributed by atoms with Gasteiger partial charge in [0.15, 0.2) is 0 Å². The minimum atomic E-state index is 0.186. The third kappa shape index (κ3) is 2.39. The Hall–Kier alpha value is -1.35. The second-order valence-electron chi connectivity index (χ2n) is 5.84. The smallest absolute Gasteiger partial charge is 0.226 e. The Bertz CT molecular complexity index is 449. The molecule has 2 aliphatic rings. The maximum Gasteiger partial charge on any atom is 0.226 e. The number of benzene rings is 1. The molecule has 19 heavy (non-hydrogen) atoms. The number of carbonyl (C=O) groups excluding carboxylic acids is 1. The average Bonchev–Trinajstić information content (AvgIpc) is 3.19. The second-order valence-corrected chi connectivity index (χ2v) is 5.84. The van der Waals surface area contributed by atoms with Gasteiger partial charge in [-0.25, -0.2) is 0 Å². The molecule has 4 atom stereocenters. The van der Waals surface area contributed by atoms with E-state index in [1.807, 2.05) is 11.0 Å². The zero-order valence-corrected chi connectivity index (χ0v) is 11.6. The number of nitrogens with zero attached hydrogens (tertiary/aromatic N) is 1. The van der Waals surface area contributed by atoms with Crippen molar-refractivity contribution < 1.29 is 9.53 Å². The highest BCUT2D eigenvalue weighted by molar-refractivity contribution is 5.83. The fourth-order valence-corrected chi connectivity index (χ4v) is 3.17. The summed E-state index contributed by atoms with van der Waals surface area (Å²) >= 11 is 0. The van der Waals surface area contributed by atoms with E-state index in [-0.39, 0.29) is 18.0 Å². The molecule has 1 aromatic rings. The molecule has 0 radical (unpaired) electrons. The van der Waals surface area contributed by atoms with Gasteiger partial charge in [0, 0.05) is 5.92 Å². The Labute approximate surface area is 114 Å². The summed E-state index contributed by atoms with van der Waals surface area (Å²) in [5.41, 5.74) is 1.30. The summed E-state index contributed by atoms with van der Waals surface area (Å²) in [6.07, 6.45) is 1.000. The van der Waals surface area contributed by atoms with E-state index in [4.69, 9.17) is 4.74 Å². The first-order chi connectivity index (χ1) is 9.18. The lowest BCUT2D eigenvalue weighted by atomic mass is 10.1. The summed E-state index contributed by atoms with van der Waals surface area (Å²) in [5.74, 6) is 0.929. The molecule has 2 fully saturated rings. The van der Waals surface area contributed by atoms with Crippen molar-refractivity contribution >= 4 is 5.91 Å². The van der Waals surface area contributed by atoms with Crippen LogP contribution in [-0.4, -0.2) is 36.1 Å². The lowest BCUT2D eigenvalue weighted by Crippen LogP contribution is -2.53. The zero-order valence-electron chi connectivity index (χ0n) is 11.6. The molecule has 1 saturated carbocycles. The van der Waals surface area contributed by atoms with Crippen molar-refractivity contribution in [2.75, 3.05) is 13.2 Å². The van der Waals surface area contributed by atoms with Gasteiger partial charge in [-0.2, -0.15) is 0 Å². The number of hydrogen-bond acceptors (Lipinski definition) is 2. The van der Waals surface area contributed by atoms with E-state index in [9.17, 15) is 4.79 Å². The second kappa shape index (κ2) is 4.97. The van der Waals surface area contributed by atoms with Crippen molar-refractivity contribution in [3.05, 3.63) is 35.9 Å². The highest BCUT2D eigenvalue weighted by Gasteiger charge is 2.47. The maximum atomic E-state index is 12.6. The molecule has 1 amide bonds. The van der Waals surface area contributed by atoms with Crippen LogP contribution in [0.25, 0.3) is 0 Å². The Morgan fingerprint density at radius 2 is 1.79 bits per heavy atom. The molecule has 1 heterocycles. The number of rotatable bonds is 2. The van der Waals surface area contributed by atoms with Crippen molar-refractivity contribution in [3.8, 4) is 0 Å². The van der Waals surface area contributed by atoms with Crippen molar-refractivity contribution in [2.45, 2.75) is 38.3 Å². The lowest BCUT2D eigenvalue weighted by Gasteiger charge is -2.39. The molecule has 1 aliphatic carbocycles. The van der Waals surface area contributed by atoms with Gasteiger partial charge in [-0.3, -0.25) is 4.79 Å². The van der Waals surface area contributed by atoms with Gasteiger partial charge < -0.3 is 9.64 Å². The van der Waals surface area contributed by atoms with E-state index < -0.39 is 0 Å². The predicted octanol–water partition coefficient (Wildman–Crippen LogP) is 2.43. The summed E-state index contributed by atoms with van der Waals surface area (Å²) in [6.45, 7) is 5.48. The molecule has 3 nitrogen and oxygen atoms in total. The monoisotopic (exact) mass is 259 g/mol. The van der Waals surface area contributed by atoms with Gasteiger partial charge in [-0.05, 0) is 31.7 Å². The van der Waals surface area contributed by atoms with Crippen LogP contribution in [0.15, 0.2) is 30.3 Å². The summed E-state index contributed by atoms with van der Waals surface area (Å²) < 4.78 is 5.49. The number of ether oxygens (including phenoxy) is 1. The Morgan fingerprint density at radius 3 is 2.42 bits per heavy atom. The number of morpholine rings is 1. The van der Waals surface area contributed by atoms with Gasteiger partial charge >= 0.3 is 0 Å². The molecule has 0 aromatic heterocycles. The summed E-state index contributed by atoms with van der Waals surface area (Å²) in [5, 5.41) is 0. The first-order valence-corrected chi connectivity index (χ1v) is 7.13. The molecule has 0 bridgehead atoms. The quantitative estimate of drug-likeness (QED) is 0.816. The van der Waals surface area contributed by atoms with Crippen LogP contribution in [0.2, 0.25) is 0 Å². The van der Waals surface area contributed by atoms with Crippen LogP contribution in [0.5, 0.6) is 0 Å². The van der Waals surface area contributed by atoms with Crippen LogP contribution < -0.4 is 0 Å². The van der Waals surface area contributed by atoms with E-state index >= 15 is 0 Å². The fourth-order valence-electron chi connectivity index (χ4n) is 3.17. The number of carbonyl (C=O) groups is 1. The topological polar surface area (TPSA) is 29.5 Å². The van der Waals surface area contributed by atoms with Crippen LogP contribution in [0.4, 0.5) is 0 Å². The molecular formula is C16H21NO2. The largest absolute Gasteiger partial charge is 0.377 e. The molecule has 3 rings (SSSR count). The van der Waals surface area contributed by atoms with Crippen LogP contribution in [0.1, 0.15) is 31.7 Å². The van der Waals surface area contributed by atoms with Gasteiger partial charge in [-0.15, -0.1) is 0 Å². The first-order valence-electron chi connectivity index (χ1n) is 7.13. The normalized spacial score (nSPS) is 34.1. The van der Waals surface area contributed by atoms with E-state index in [2.05, 4.69) is 38.1 Å². The van der Waals surface area contributed by atoms with E-state index in [0.29, 0.717) is 25.0 Å². The summed E-state index contributed by atoms with van der Waals surface area (Å²) in [4.78, 5) is 14.7. The third-order valence-corrected chi connectivity index (χ3v) is 4.26. The molecule has 1 saturated heterocycles. The molecule has 0 N–H and O–H groups in total. The minimum Gasteiger partial charge on any atom is -0.377 e. The summed E-state index contributed by atoms with van der Waals surface area (Å²) in [6, 6.07) is 10.8. The molecule has 1 aromatic carbocycles. The maximum absolute atomic E-state index is 12.6. The van der Waals surface area contributed by atoms with Crippen molar-refractivity contribution in [1.82, 2.24) is 4.90 Å². The third-order valence-electron chi connectivity index (χ3n) is 4.26. The van der Waals surface area contributed by atoms with Crippen LogP contribution in [-0.2, 0) is 9.53 Å². The molecule has 1 aliphatic heterocycles. The highest BCUT2D eigenvalue weighted by atomic mass is 16.5.